The lowest BCUT2D eigenvalue weighted by Gasteiger charge is -2.35. The van der Waals surface area contributed by atoms with Crippen molar-refractivity contribution in [3.8, 4) is 0 Å². The Morgan fingerprint density at radius 3 is 2.63 bits per heavy atom. The minimum Gasteiger partial charge on any atom is -0.349 e. The van der Waals surface area contributed by atoms with E-state index in [0.717, 1.165) is 24.8 Å². The van der Waals surface area contributed by atoms with Crippen molar-refractivity contribution < 1.29 is 13.6 Å². The van der Waals surface area contributed by atoms with Crippen molar-refractivity contribution in [2.75, 3.05) is 13.1 Å². The zero-order chi connectivity index (χ0) is 18.9. The number of nitrogens with one attached hydrogen (secondary N) is 1. The smallest absolute Gasteiger partial charge is 0.220 e. The van der Waals surface area contributed by atoms with Gasteiger partial charge in [0.2, 0.25) is 5.91 Å². The van der Waals surface area contributed by atoms with E-state index in [0.29, 0.717) is 31.6 Å². The van der Waals surface area contributed by atoms with Crippen LogP contribution in [-0.2, 0) is 11.3 Å². The topological polar surface area (TPSA) is 32.3 Å². The number of carbonyl (C=O) groups excluding carboxylic acids is 1. The lowest BCUT2D eigenvalue weighted by molar-refractivity contribution is -0.122. The molecule has 0 unspecified atom stereocenters. The molecule has 2 aromatic carbocycles. The summed E-state index contributed by atoms with van der Waals surface area (Å²) in [5.74, 6) is -0.514. The summed E-state index contributed by atoms with van der Waals surface area (Å²) < 4.78 is 27.8. The van der Waals surface area contributed by atoms with Crippen molar-refractivity contribution >= 4 is 5.91 Å². The Labute approximate surface area is 158 Å². The Kier molecular flexibility index (Phi) is 4.96. The standard InChI is InChI=1S/C22H24F2N2O/c23-17-10-8-16(9-11-17)13-26-14-19(18-5-1-2-6-20(18)24)22(15-26)12-4-3-7-21(27)25-22/h1-2,5-6,8-11,19H,3-4,7,12-15H2,(H,25,27)/t19-,22+/m0/s1. The second-order valence-electron chi connectivity index (χ2n) is 7.78. The molecule has 1 amide bonds. The molecule has 0 saturated carbocycles. The molecule has 3 nitrogen and oxygen atoms in total. The third kappa shape index (κ3) is 3.74. The zero-order valence-corrected chi connectivity index (χ0v) is 15.3. The summed E-state index contributed by atoms with van der Waals surface area (Å²) in [6.45, 7) is 2.00. The summed E-state index contributed by atoms with van der Waals surface area (Å²) in [6, 6.07) is 13.4. The van der Waals surface area contributed by atoms with Crippen molar-refractivity contribution in [2.45, 2.75) is 43.7 Å². The third-order valence-corrected chi connectivity index (χ3v) is 5.88. The summed E-state index contributed by atoms with van der Waals surface area (Å²) in [4.78, 5) is 14.6. The van der Waals surface area contributed by atoms with Crippen molar-refractivity contribution in [1.29, 1.82) is 0 Å². The fourth-order valence-corrected chi connectivity index (χ4v) is 4.64. The molecule has 0 aromatic heterocycles. The van der Waals surface area contributed by atoms with Gasteiger partial charge in [-0.1, -0.05) is 36.8 Å². The van der Waals surface area contributed by atoms with Crippen LogP contribution in [0.3, 0.4) is 0 Å². The highest BCUT2D eigenvalue weighted by Gasteiger charge is 2.49. The lowest BCUT2D eigenvalue weighted by atomic mass is 9.78. The monoisotopic (exact) mass is 370 g/mol. The molecule has 142 valence electrons. The summed E-state index contributed by atoms with van der Waals surface area (Å²) in [5, 5.41) is 3.25. The van der Waals surface area contributed by atoms with Crippen LogP contribution in [0.4, 0.5) is 8.78 Å². The predicted octanol–water partition coefficient (Wildman–Crippen LogP) is 3.99. The predicted molar refractivity (Wildman–Crippen MR) is 100 cm³/mol. The lowest BCUT2D eigenvalue weighted by Crippen LogP contribution is -2.52. The molecule has 2 atom stereocenters. The van der Waals surface area contributed by atoms with Crippen LogP contribution in [0, 0.1) is 11.6 Å². The minimum absolute atomic E-state index is 0.0532. The first-order chi connectivity index (χ1) is 13.1. The van der Waals surface area contributed by atoms with Crippen LogP contribution in [0.1, 0.15) is 42.7 Å². The number of nitrogens with zero attached hydrogens (tertiary/aromatic N) is 1. The molecule has 0 radical (unpaired) electrons. The van der Waals surface area contributed by atoms with Crippen molar-refractivity contribution in [1.82, 2.24) is 10.2 Å². The van der Waals surface area contributed by atoms with Gasteiger partial charge < -0.3 is 5.32 Å². The zero-order valence-electron chi connectivity index (χ0n) is 15.3. The Morgan fingerprint density at radius 1 is 1.07 bits per heavy atom. The van der Waals surface area contributed by atoms with E-state index in [1.807, 2.05) is 12.1 Å². The average Bonchev–Trinajstić information content (AvgIpc) is 2.86. The molecule has 1 spiro atoms. The van der Waals surface area contributed by atoms with Gasteiger partial charge >= 0.3 is 0 Å². The largest absolute Gasteiger partial charge is 0.349 e. The van der Waals surface area contributed by atoms with Gasteiger partial charge in [0, 0.05) is 32.0 Å². The molecule has 2 saturated heterocycles. The Hall–Kier alpha value is -2.27. The van der Waals surface area contributed by atoms with Gasteiger partial charge in [-0.15, -0.1) is 0 Å². The van der Waals surface area contributed by atoms with E-state index in [-0.39, 0.29) is 23.5 Å². The van der Waals surface area contributed by atoms with Crippen LogP contribution in [0.5, 0.6) is 0 Å². The van der Waals surface area contributed by atoms with Gasteiger partial charge in [-0.05, 0) is 42.2 Å². The summed E-state index contributed by atoms with van der Waals surface area (Å²) >= 11 is 0. The van der Waals surface area contributed by atoms with Gasteiger partial charge in [0.25, 0.3) is 0 Å². The number of likely N-dealkylation sites (tertiary alicyclic amines) is 1. The fraction of sp³-hybridized carbons (Fsp3) is 0.409. The van der Waals surface area contributed by atoms with Gasteiger partial charge in [0.05, 0.1) is 5.54 Å². The van der Waals surface area contributed by atoms with Crippen LogP contribution in [0.2, 0.25) is 0 Å². The highest BCUT2D eigenvalue weighted by molar-refractivity contribution is 5.77. The number of benzene rings is 2. The molecule has 2 heterocycles. The number of hydrogen-bond acceptors (Lipinski definition) is 2. The molecule has 2 aromatic rings. The molecule has 5 heteroatoms. The van der Waals surface area contributed by atoms with Gasteiger partial charge in [-0.25, -0.2) is 8.78 Å². The van der Waals surface area contributed by atoms with E-state index in [4.69, 9.17) is 0 Å². The highest BCUT2D eigenvalue weighted by atomic mass is 19.1. The Bertz CT molecular complexity index is 823. The molecule has 0 bridgehead atoms. The van der Waals surface area contributed by atoms with Gasteiger partial charge in [-0.3, -0.25) is 9.69 Å². The molecule has 27 heavy (non-hydrogen) atoms. The van der Waals surface area contributed by atoms with E-state index in [1.54, 1.807) is 18.2 Å². The number of halogens is 2. The maximum atomic E-state index is 14.6. The van der Waals surface area contributed by atoms with Crippen LogP contribution in [0.15, 0.2) is 48.5 Å². The minimum atomic E-state index is -0.449. The SMILES string of the molecule is O=C1CCCC[C@]2(CN(Cc3ccc(F)cc3)C[C@H]2c2ccccc2F)N1. The number of hydrogen-bond donors (Lipinski definition) is 1. The van der Waals surface area contributed by atoms with Crippen molar-refractivity contribution in [2.24, 2.45) is 0 Å². The quantitative estimate of drug-likeness (QED) is 0.886. The number of carbonyl (C=O) groups is 1. The first-order valence-corrected chi connectivity index (χ1v) is 9.58. The number of rotatable bonds is 3. The maximum Gasteiger partial charge on any atom is 0.220 e. The third-order valence-electron chi connectivity index (χ3n) is 5.88. The van der Waals surface area contributed by atoms with Crippen LogP contribution < -0.4 is 5.32 Å². The Balaban J connectivity index is 1.65. The first-order valence-electron chi connectivity index (χ1n) is 9.58. The molecule has 2 aliphatic heterocycles. The molecule has 2 fully saturated rings. The van der Waals surface area contributed by atoms with Gasteiger partial charge in [0.15, 0.2) is 0 Å². The van der Waals surface area contributed by atoms with Gasteiger partial charge in [-0.2, -0.15) is 0 Å². The van der Waals surface area contributed by atoms with E-state index in [1.165, 1.54) is 18.2 Å². The average molecular weight is 370 g/mol. The van der Waals surface area contributed by atoms with E-state index < -0.39 is 5.54 Å². The molecule has 1 N–H and O–H groups in total. The highest BCUT2D eigenvalue weighted by Crippen LogP contribution is 2.42. The molecule has 4 rings (SSSR count). The van der Waals surface area contributed by atoms with Crippen LogP contribution in [0.25, 0.3) is 0 Å². The summed E-state index contributed by atoms with van der Waals surface area (Å²) in [5.41, 5.74) is 1.23. The van der Waals surface area contributed by atoms with E-state index in [2.05, 4.69) is 10.2 Å². The normalized spacial score (nSPS) is 26.1. The van der Waals surface area contributed by atoms with Crippen molar-refractivity contribution in [3.63, 3.8) is 0 Å². The first kappa shape index (κ1) is 18.1. The molecular formula is C22H24F2N2O. The Morgan fingerprint density at radius 2 is 1.85 bits per heavy atom. The van der Waals surface area contributed by atoms with Gasteiger partial charge in [0.1, 0.15) is 11.6 Å². The fourth-order valence-electron chi connectivity index (χ4n) is 4.64. The van der Waals surface area contributed by atoms with E-state index >= 15 is 0 Å². The molecule has 0 aliphatic carbocycles. The van der Waals surface area contributed by atoms with Crippen molar-refractivity contribution in [3.05, 3.63) is 71.3 Å². The number of amides is 1. The molecule has 2 aliphatic rings. The second-order valence-corrected chi connectivity index (χ2v) is 7.78. The van der Waals surface area contributed by atoms with Crippen LogP contribution in [-0.4, -0.2) is 29.4 Å². The second kappa shape index (κ2) is 7.39. The van der Waals surface area contributed by atoms with E-state index in [9.17, 15) is 13.6 Å². The maximum absolute atomic E-state index is 14.6. The summed E-state index contributed by atoms with van der Waals surface area (Å²) in [6.07, 6.45) is 3.20. The molecular weight excluding hydrogens is 346 g/mol. The van der Waals surface area contributed by atoms with Crippen LogP contribution >= 0.6 is 0 Å². The summed E-state index contributed by atoms with van der Waals surface area (Å²) in [7, 11) is 0.